The topological polar surface area (TPSA) is 112 Å². The SMILES string of the molecule is O=C(NCCN1CCN(S(=O)(=O)c2ccc3ccccc3c2)CC1)C(=O)NCc1ccco1. The molecular weight excluding hydrogens is 444 g/mol. The Hall–Kier alpha value is -3.21. The van der Waals surface area contributed by atoms with Crippen LogP contribution in [0.5, 0.6) is 0 Å². The van der Waals surface area contributed by atoms with Gasteiger partial charge in [-0.05, 0) is 35.0 Å². The first-order chi connectivity index (χ1) is 15.9. The number of nitrogens with one attached hydrogen (secondary N) is 2. The molecule has 10 heteroatoms. The van der Waals surface area contributed by atoms with Gasteiger partial charge in [0.2, 0.25) is 10.0 Å². The lowest BCUT2D eigenvalue weighted by molar-refractivity contribution is -0.139. The zero-order chi connectivity index (χ0) is 23.3. The van der Waals surface area contributed by atoms with Crippen LogP contribution in [0, 0.1) is 0 Å². The number of benzene rings is 2. The Labute approximate surface area is 192 Å². The molecule has 1 aliphatic heterocycles. The van der Waals surface area contributed by atoms with E-state index in [1.165, 1.54) is 10.6 Å². The van der Waals surface area contributed by atoms with Crippen LogP contribution < -0.4 is 10.6 Å². The van der Waals surface area contributed by atoms with Crippen molar-refractivity contribution >= 4 is 32.6 Å². The van der Waals surface area contributed by atoms with Crippen LogP contribution >= 0.6 is 0 Å². The van der Waals surface area contributed by atoms with Crippen molar-refractivity contribution in [2.75, 3.05) is 39.3 Å². The van der Waals surface area contributed by atoms with Crippen molar-refractivity contribution < 1.29 is 22.4 Å². The van der Waals surface area contributed by atoms with Crippen molar-refractivity contribution in [3.63, 3.8) is 0 Å². The number of hydrogen-bond donors (Lipinski definition) is 2. The summed E-state index contributed by atoms with van der Waals surface area (Å²) >= 11 is 0. The van der Waals surface area contributed by atoms with E-state index in [1.54, 1.807) is 24.3 Å². The lowest BCUT2D eigenvalue weighted by Gasteiger charge is -2.34. The lowest BCUT2D eigenvalue weighted by atomic mass is 10.1. The van der Waals surface area contributed by atoms with Gasteiger partial charge in [0.1, 0.15) is 5.76 Å². The van der Waals surface area contributed by atoms with Gasteiger partial charge in [-0.3, -0.25) is 14.5 Å². The van der Waals surface area contributed by atoms with Gasteiger partial charge in [0.15, 0.2) is 0 Å². The molecule has 0 atom stereocenters. The molecule has 0 unspecified atom stereocenters. The Kier molecular flexibility index (Phi) is 7.07. The zero-order valence-electron chi connectivity index (χ0n) is 18.1. The van der Waals surface area contributed by atoms with Gasteiger partial charge in [-0.1, -0.05) is 30.3 Å². The van der Waals surface area contributed by atoms with E-state index in [9.17, 15) is 18.0 Å². The number of nitrogens with zero attached hydrogens (tertiary/aromatic N) is 2. The number of amides is 2. The minimum absolute atomic E-state index is 0.146. The first kappa shape index (κ1) is 23.0. The van der Waals surface area contributed by atoms with Crippen molar-refractivity contribution in [2.24, 2.45) is 0 Å². The van der Waals surface area contributed by atoms with Crippen LogP contribution in [0.2, 0.25) is 0 Å². The molecule has 2 aromatic carbocycles. The summed E-state index contributed by atoms with van der Waals surface area (Å²) in [5, 5.41) is 6.97. The Morgan fingerprint density at radius 3 is 2.33 bits per heavy atom. The molecule has 1 saturated heterocycles. The van der Waals surface area contributed by atoms with Crippen molar-refractivity contribution in [2.45, 2.75) is 11.4 Å². The number of carbonyl (C=O) groups excluding carboxylic acids is 2. The van der Waals surface area contributed by atoms with Gasteiger partial charge in [-0.25, -0.2) is 8.42 Å². The number of sulfonamides is 1. The predicted molar refractivity (Wildman–Crippen MR) is 123 cm³/mol. The van der Waals surface area contributed by atoms with Crippen LogP contribution in [0.15, 0.2) is 70.2 Å². The van der Waals surface area contributed by atoms with Crippen LogP contribution in [-0.2, 0) is 26.2 Å². The van der Waals surface area contributed by atoms with Crippen LogP contribution in [0.1, 0.15) is 5.76 Å². The number of fused-ring (bicyclic) bond motifs is 1. The summed E-state index contributed by atoms with van der Waals surface area (Å²) in [6.07, 6.45) is 1.49. The number of hydrogen-bond acceptors (Lipinski definition) is 6. The van der Waals surface area contributed by atoms with Crippen LogP contribution in [0.25, 0.3) is 10.8 Å². The molecular formula is C23H26N4O5S. The van der Waals surface area contributed by atoms with Crippen molar-refractivity contribution in [3.05, 3.63) is 66.6 Å². The van der Waals surface area contributed by atoms with Gasteiger partial charge >= 0.3 is 11.8 Å². The van der Waals surface area contributed by atoms with Crippen molar-refractivity contribution in [1.29, 1.82) is 0 Å². The van der Waals surface area contributed by atoms with E-state index >= 15 is 0 Å². The average molecular weight is 471 g/mol. The van der Waals surface area contributed by atoms with E-state index in [0.717, 1.165) is 10.8 Å². The monoisotopic (exact) mass is 470 g/mol. The molecule has 0 aliphatic carbocycles. The smallest absolute Gasteiger partial charge is 0.309 e. The molecule has 174 valence electrons. The molecule has 33 heavy (non-hydrogen) atoms. The molecule has 1 aromatic heterocycles. The average Bonchev–Trinajstić information content (AvgIpc) is 3.36. The molecule has 4 rings (SSSR count). The highest BCUT2D eigenvalue weighted by molar-refractivity contribution is 7.89. The molecule has 1 aliphatic rings. The highest BCUT2D eigenvalue weighted by Crippen LogP contribution is 2.22. The first-order valence-corrected chi connectivity index (χ1v) is 12.2. The van der Waals surface area contributed by atoms with Crippen molar-refractivity contribution in [3.8, 4) is 0 Å². The summed E-state index contributed by atoms with van der Waals surface area (Å²) in [6, 6.07) is 16.3. The van der Waals surface area contributed by atoms with Crippen LogP contribution in [-0.4, -0.2) is 68.7 Å². The molecule has 0 bridgehead atoms. The fourth-order valence-corrected chi connectivity index (χ4v) is 5.20. The molecule has 1 fully saturated rings. The summed E-state index contributed by atoms with van der Waals surface area (Å²) < 4.78 is 32.7. The van der Waals surface area contributed by atoms with Crippen LogP contribution in [0.4, 0.5) is 0 Å². The minimum atomic E-state index is -3.57. The number of carbonyl (C=O) groups is 2. The fourth-order valence-electron chi connectivity index (χ4n) is 3.74. The molecule has 0 radical (unpaired) electrons. The maximum Gasteiger partial charge on any atom is 0.309 e. The summed E-state index contributed by atoms with van der Waals surface area (Å²) in [6.45, 7) is 2.80. The van der Waals surface area contributed by atoms with E-state index < -0.39 is 21.8 Å². The Balaban J connectivity index is 1.22. The van der Waals surface area contributed by atoms with Gasteiger partial charge in [0.25, 0.3) is 0 Å². The molecule has 9 nitrogen and oxygen atoms in total. The molecule has 0 spiro atoms. The second-order valence-corrected chi connectivity index (χ2v) is 9.71. The van der Waals surface area contributed by atoms with Crippen LogP contribution in [0.3, 0.4) is 0 Å². The standard InChI is InChI=1S/C23H26N4O5S/c28-22(23(29)25-17-20-6-3-15-32-20)24-9-10-26-11-13-27(14-12-26)33(30,31)21-8-7-18-4-1-2-5-19(18)16-21/h1-8,15-16H,9-14,17H2,(H,24,28)(H,25,29). The zero-order valence-corrected chi connectivity index (χ0v) is 18.9. The summed E-state index contributed by atoms with van der Waals surface area (Å²) in [4.78, 5) is 26.1. The fraction of sp³-hybridized carbons (Fsp3) is 0.304. The Morgan fingerprint density at radius 2 is 1.61 bits per heavy atom. The summed E-state index contributed by atoms with van der Waals surface area (Å²) in [5.74, 6) is -0.871. The second-order valence-electron chi connectivity index (χ2n) is 7.77. The molecule has 2 N–H and O–H groups in total. The molecule has 2 amide bonds. The van der Waals surface area contributed by atoms with E-state index in [0.29, 0.717) is 49.9 Å². The highest BCUT2D eigenvalue weighted by Gasteiger charge is 2.28. The first-order valence-electron chi connectivity index (χ1n) is 10.7. The minimum Gasteiger partial charge on any atom is -0.467 e. The van der Waals surface area contributed by atoms with E-state index in [2.05, 4.69) is 15.5 Å². The predicted octanol–water partition coefficient (Wildman–Crippen LogP) is 1.17. The third-order valence-corrected chi connectivity index (χ3v) is 7.51. The van der Waals surface area contributed by atoms with Gasteiger partial charge in [-0.2, -0.15) is 4.31 Å². The second kappa shape index (κ2) is 10.2. The van der Waals surface area contributed by atoms with Gasteiger partial charge < -0.3 is 15.1 Å². The third kappa shape index (κ3) is 5.59. The van der Waals surface area contributed by atoms with E-state index in [-0.39, 0.29) is 6.54 Å². The molecule has 2 heterocycles. The quantitative estimate of drug-likeness (QED) is 0.502. The van der Waals surface area contributed by atoms with E-state index in [1.807, 2.05) is 30.3 Å². The maximum atomic E-state index is 13.1. The lowest BCUT2D eigenvalue weighted by Crippen LogP contribution is -2.50. The Bertz CT molecular complexity index is 1220. The highest BCUT2D eigenvalue weighted by atomic mass is 32.2. The van der Waals surface area contributed by atoms with Gasteiger partial charge in [0.05, 0.1) is 17.7 Å². The normalized spacial score (nSPS) is 15.4. The van der Waals surface area contributed by atoms with Gasteiger partial charge in [0, 0.05) is 39.3 Å². The number of furan rings is 1. The Morgan fingerprint density at radius 1 is 0.879 bits per heavy atom. The number of rotatable bonds is 7. The van der Waals surface area contributed by atoms with Gasteiger partial charge in [-0.15, -0.1) is 0 Å². The number of piperazine rings is 1. The van der Waals surface area contributed by atoms with Crippen molar-refractivity contribution in [1.82, 2.24) is 19.8 Å². The van der Waals surface area contributed by atoms with E-state index in [4.69, 9.17) is 4.42 Å². The maximum absolute atomic E-state index is 13.1. The largest absolute Gasteiger partial charge is 0.467 e. The summed E-state index contributed by atoms with van der Waals surface area (Å²) in [5.41, 5.74) is 0. The third-order valence-electron chi connectivity index (χ3n) is 5.61. The summed E-state index contributed by atoms with van der Waals surface area (Å²) in [7, 11) is -3.57. The molecule has 0 saturated carbocycles. The molecule has 3 aromatic rings.